The highest BCUT2D eigenvalue weighted by atomic mass is 32.2. The van der Waals surface area contributed by atoms with E-state index in [1.165, 1.54) is 60.9 Å². The molecule has 0 aliphatic carbocycles. The molecule has 2 aromatic carbocycles. The van der Waals surface area contributed by atoms with Gasteiger partial charge in [-0.1, -0.05) is 19.9 Å². The van der Waals surface area contributed by atoms with E-state index >= 15 is 0 Å². The zero-order valence-corrected chi connectivity index (χ0v) is 22.0. The number of sulfonamides is 1. The lowest BCUT2D eigenvalue weighted by Gasteiger charge is -2.09. The molecule has 0 amide bonds. The highest BCUT2D eigenvalue weighted by molar-refractivity contribution is 7.89. The van der Waals surface area contributed by atoms with Crippen LogP contribution in [-0.4, -0.2) is 39.4 Å². The summed E-state index contributed by atoms with van der Waals surface area (Å²) in [6.45, 7) is 7.57. The molecule has 1 aromatic heterocycles. The molecule has 0 spiro atoms. The Kier molecular flexibility index (Phi) is 10.0. The van der Waals surface area contributed by atoms with Gasteiger partial charge in [0.1, 0.15) is 10.8 Å². The van der Waals surface area contributed by atoms with Gasteiger partial charge in [0.2, 0.25) is 10.0 Å². The maximum Gasteiger partial charge on any atom is 0.573 e. The topological polar surface area (TPSA) is 94.6 Å². The number of benzene rings is 2. The van der Waals surface area contributed by atoms with Crippen LogP contribution in [0, 0.1) is 13.8 Å². The number of nitrogens with one attached hydrogen (secondary N) is 1. The van der Waals surface area contributed by atoms with Crippen LogP contribution in [0.1, 0.15) is 40.3 Å². The van der Waals surface area contributed by atoms with Crippen molar-refractivity contribution in [1.29, 1.82) is 0 Å². The highest BCUT2D eigenvalue weighted by Crippen LogP contribution is 2.30. The van der Waals surface area contributed by atoms with Crippen molar-refractivity contribution in [2.24, 2.45) is 0 Å². The van der Waals surface area contributed by atoms with Gasteiger partial charge in [-0.05, 0) is 55.8 Å². The highest BCUT2D eigenvalue weighted by Gasteiger charge is 2.31. The Hall–Kier alpha value is -2.96. The summed E-state index contributed by atoms with van der Waals surface area (Å²) in [4.78, 5) is 17.1. The first-order valence-electron chi connectivity index (χ1n) is 10.9. The van der Waals surface area contributed by atoms with Gasteiger partial charge in [0.15, 0.2) is 0 Å². The van der Waals surface area contributed by atoms with Crippen molar-refractivity contribution in [2.45, 2.75) is 45.4 Å². The van der Waals surface area contributed by atoms with Crippen LogP contribution < -0.4 is 9.46 Å². The average molecular weight is 545 g/mol. The SMILES string of the molecule is CC.COC(=O)c1cc(S(=O)(=O)NCCc2nc(-c3ccc(OC(F)(F)F)cc3)sc2C)ccc1C. The smallest absolute Gasteiger partial charge is 0.465 e. The molecular formula is C24H27F3N2O5S2. The average Bonchev–Trinajstić information content (AvgIpc) is 3.19. The second-order valence-corrected chi connectivity index (χ2v) is 10.2. The van der Waals surface area contributed by atoms with Crippen molar-refractivity contribution in [2.75, 3.05) is 13.7 Å². The fourth-order valence-electron chi connectivity index (χ4n) is 3.07. The molecule has 0 radical (unpaired) electrons. The fourth-order valence-corrected chi connectivity index (χ4v) is 5.09. The minimum Gasteiger partial charge on any atom is -0.465 e. The van der Waals surface area contributed by atoms with Crippen molar-refractivity contribution >= 4 is 27.3 Å². The Bertz CT molecular complexity index is 1290. The number of rotatable bonds is 8. The Balaban J connectivity index is 0.00000222. The number of hydrogen-bond acceptors (Lipinski definition) is 7. The summed E-state index contributed by atoms with van der Waals surface area (Å²) in [6.07, 6.45) is -4.47. The molecule has 0 fully saturated rings. The van der Waals surface area contributed by atoms with Crippen molar-refractivity contribution in [1.82, 2.24) is 9.71 Å². The number of aromatic nitrogens is 1. The molecule has 3 aromatic rings. The first kappa shape index (κ1) is 29.3. The van der Waals surface area contributed by atoms with E-state index < -0.39 is 22.4 Å². The molecule has 7 nitrogen and oxygen atoms in total. The first-order valence-corrected chi connectivity index (χ1v) is 13.2. The predicted octanol–water partition coefficient (Wildman–Crippen LogP) is 5.66. The molecule has 12 heteroatoms. The number of thiazole rings is 1. The molecule has 36 heavy (non-hydrogen) atoms. The Labute approximate surface area is 212 Å². The second-order valence-electron chi connectivity index (χ2n) is 7.21. The third-order valence-corrected chi connectivity index (χ3v) is 7.33. The fraction of sp³-hybridized carbons (Fsp3) is 0.333. The van der Waals surface area contributed by atoms with Crippen LogP contribution >= 0.6 is 11.3 Å². The van der Waals surface area contributed by atoms with Gasteiger partial charge in [-0.2, -0.15) is 0 Å². The van der Waals surface area contributed by atoms with E-state index in [4.69, 9.17) is 0 Å². The molecule has 0 aliphatic heterocycles. The lowest BCUT2D eigenvalue weighted by Crippen LogP contribution is -2.26. The number of hydrogen-bond donors (Lipinski definition) is 1. The standard InChI is InChI=1S/C22H21F3N2O5S2.C2H6/c1-13-4-9-17(12-18(13)21(28)31-3)34(29,30)26-11-10-19-14(2)33-20(27-19)15-5-7-16(8-6-15)32-22(23,24)25;1-2/h4-9,12,26H,10-11H2,1-3H3;1-2H3. The summed E-state index contributed by atoms with van der Waals surface area (Å²) in [6, 6.07) is 9.56. The minimum absolute atomic E-state index is 0.0599. The maximum atomic E-state index is 12.7. The van der Waals surface area contributed by atoms with Gasteiger partial charge in [-0.3, -0.25) is 0 Å². The molecule has 1 N–H and O–H groups in total. The van der Waals surface area contributed by atoms with Crippen molar-refractivity contribution in [3.63, 3.8) is 0 Å². The third kappa shape index (κ3) is 7.77. The van der Waals surface area contributed by atoms with Gasteiger partial charge in [0.25, 0.3) is 0 Å². The van der Waals surface area contributed by atoms with E-state index in [9.17, 15) is 26.4 Å². The molecule has 0 atom stereocenters. The number of nitrogens with zero attached hydrogens (tertiary/aromatic N) is 1. The van der Waals surface area contributed by atoms with Crippen LogP contribution in [0.15, 0.2) is 47.4 Å². The number of aryl methyl sites for hydroxylation is 2. The number of methoxy groups -OCH3 is 1. The number of halogens is 3. The third-order valence-electron chi connectivity index (χ3n) is 4.81. The predicted molar refractivity (Wildman–Crippen MR) is 132 cm³/mol. The summed E-state index contributed by atoms with van der Waals surface area (Å²) in [5, 5.41) is 0.593. The largest absolute Gasteiger partial charge is 0.573 e. The molecule has 1 heterocycles. The van der Waals surface area contributed by atoms with Gasteiger partial charge < -0.3 is 9.47 Å². The van der Waals surface area contributed by atoms with E-state index in [0.29, 0.717) is 28.2 Å². The van der Waals surface area contributed by atoms with Gasteiger partial charge in [-0.25, -0.2) is 22.9 Å². The van der Waals surface area contributed by atoms with Crippen LogP contribution in [-0.2, 0) is 21.2 Å². The van der Waals surface area contributed by atoms with Crippen LogP contribution in [0.25, 0.3) is 10.6 Å². The monoisotopic (exact) mass is 544 g/mol. The zero-order chi connectivity index (χ0) is 27.1. The quantitative estimate of drug-likeness (QED) is 0.368. The van der Waals surface area contributed by atoms with Gasteiger partial charge in [-0.15, -0.1) is 24.5 Å². The summed E-state index contributed by atoms with van der Waals surface area (Å²) in [7, 11) is -2.66. The molecular weight excluding hydrogens is 517 g/mol. The number of esters is 1. The van der Waals surface area contributed by atoms with Crippen LogP contribution in [0.3, 0.4) is 0 Å². The van der Waals surface area contributed by atoms with Gasteiger partial charge >= 0.3 is 12.3 Å². The zero-order valence-electron chi connectivity index (χ0n) is 20.4. The Morgan fingerprint density at radius 2 is 1.72 bits per heavy atom. The van der Waals surface area contributed by atoms with Crippen LogP contribution in [0.5, 0.6) is 5.75 Å². The van der Waals surface area contributed by atoms with Crippen molar-refractivity contribution < 1.29 is 35.9 Å². The molecule has 3 rings (SSSR count). The Morgan fingerprint density at radius 1 is 1.08 bits per heavy atom. The minimum atomic E-state index is -4.76. The normalized spacial score (nSPS) is 11.4. The van der Waals surface area contributed by atoms with Crippen LogP contribution in [0.4, 0.5) is 13.2 Å². The summed E-state index contributed by atoms with van der Waals surface area (Å²) >= 11 is 1.35. The van der Waals surface area contributed by atoms with Gasteiger partial charge in [0.05, 0.1) is 23.3 Å². The lowest BCUT2D eigenvalue weighted by atomic mass is 10.1. The molecule has 0 unspecified atom stereocenters. The summed E-state index contributed by atoms with van der Waals surface area (Å²) in [5.41, 5.74) is 2.04. The number of ether oxygens (including phenoxy) is 2. The Morgan fingerprint density at radius 3 is 2.31 bits per heavy atom. The first-order chi connectivity index (χ1) is 16.9. The van der Waals surface area contributed by atoms with Crippen molar-refractivity contribution in [3.8, 4) is 16.3 Å². The van der Waals surface area contributed by atoms with E-state index in [1.807, 2.05) is 20.8 Å². The summed E-state index contributed by atoms with van der Waals surface area (Å²) < 4.78 is 73.3. The van der Waals surface area contributed by atoms with Crippen molar-refractivity contribution in [3.05, 3.63) is 64.2 Å². The molecule has 0 saturated heterocycles. The van der Waals surface area contributed by atoms with E-state index in [2.05, 4.69) is 19.2 Å². The van der Waals surface area contributed by atoms with E-state index in [0.717, 1.165) is 4.88 Å². The molecule has 196 valence electrons. The van der Waals surface area contributed by atoms with E-state index in [-0.39, 0.29) is 22.8 Å². The number of carbonyl (C=O) groups excluding carboxylic acids is 1. The second kappa shape index (κ2) is 12.3. The number of alkyl halides is 3. The molecule has 0 aliphatic rings. The lowest BCUT2D eigenvalue weighted by molar-refractivity contribution is -0.274. The van der Waals surface area contributed by atoms with Gasteiger partial charge in [0, 0.05) is 23.4 Å². The maximum absolute atomic E-state index is 12.7. The van der Waals surface area contributed by atoms with E-state index in [1.54, 1.807) is 6.92 Å². The molecule has 0 saturated carbocycles. The van der Waals surface area contributed by atoms with Crippen LogP contribution in [0.2, 0.25) is 0 Å². The summed E-state index contributed by atoms with van der Waals surface area (Å²) in [5.74, 6) is -0.955. The number of carbonyl (C=O) groups is 1. The molecule has 0 bridgehead atoms.